The minimum absolute atomic E-state index is 0.00872. The smallest absolute Gasteiger partial charge is 0.239 e. The van der Waals surface area contributed by atoms with Crippen molar-refractivity contribution in [3.63, 3.8) is 0 Å². The van der Waals surface area contributed by atoms with Gasteiger partial charge in [-0.3, -0.25) is 4.79 Å². The highest BCUT2D eigenvalue weighted by Gasteiger charge is 2.38. The zero-order valence-electron chi connectivity index (χ0n) is 16.1. The van der Waals surface area contributed by atoms with Gasteiger partial charge in [0.2, 0.25) is 15.9 Å². The van der Waals surface area contributed by atoms with Gasteiger partial charge in [0, 0.05) is 6.54 Å². The number of nitrogens with zero attached hydrogens (tertiary/aromatic N) is 1. The number of sulfonamides is 1. The highest BCUT2D eigenvalue weighted by Crippen LogP contribution is 2.31. The minimum Gasteiger partial charge on any atom is -0.348 e. The standard InChI is InChI=1S/C22H26N2O3S/c1-2-28(26,27)24-15-18-10-4-3-9-17(18)14-21(24)22(25)23-20-13-7-11-16-8-5-6-12-19(16)20/h3-6,8-10,12,20-21H,2,7,11,13-15H2,1H3,(H,23,25)/t20-,21-/m1/s1. The Kier molecular flexibility index (Phi) is 5.25. The van der Waals surface area contributed by atoms with Crippen molar-refractivity contribution in [3.05, 3.63) is 70.8 Å². The molecule has 1 amide bonds. The van der Waals surface area contributed by atoms with E-state index in [0.717, 1.165) is 36.0 Å². The van der Waals surface area contributed by atoms with Crippen molar-refractivity contribution >= 4 is 15.9 Å². The Balaban J connectivity index is 1.62. The summed E-state index contributed by atoms with van der Waals surface area (Å²) < 4.78 is 26.8. The van der Waals surface area contributed by atoms with Gasteiger partial charge in [-0.15, -0.1) is 0 Å². The van der Waals surface area contributed by atoms with Crippen molar-refractivity contribution in [3.8, 4) is 0 Å². The first-order valence-corrected chi connectivity index (χ1v) is 11.5. The lowest BCUT2D eigenvalue weighted by Gasteiger charge is -2.36. The van der Waals surface area contributed by atoms with Crippen LogP contribution in [0.3, 0.4) is 0 Å². The summed E-state index contributed by atoms with van der Waals surface area (Å²) in [6, 6.07) is 15.2. The Morgan fingerprint density at radius 2 is 1.75 bits per heavy atom. The van der Waals surface area contributed by atoms with Gasteiger partial charge in [-0.2, -0.15) is 4.31 Å². The highest BCUT2D eigenvalue weighted by atomic mass is 32.2. The van der Waals surface area contributed by atoms with Crippen LogP contribution in [0.15, 0.2) is 48.5 Å². The van der Waals surface area contributed by atoms with Crippen molar-refractivity contribution in [2.24, 2.45) is 0 Å². The van der Waals surface area contributed by atoms with Gasteiger partial charge in [0.25, 0.3) is 0 Å². The summed E-state index contributed by atoms with van der Waals surface area (Å²) in [7, 11) is -3.49. The number of benzene rings is 2. The number of carbonyl (C=O) groups excluding carboxylic acids is 1. The van der Waals surface area contributed by atoms with Crippen LogP contribution in [-0.4, -0.2) is 30.4 Å². The van der Waals surface area contributed by atoms with E-state index in [2.05, 4.69) is 17.4 Å². The number of aryl methyl sites for hydroxylation is 1. The van der Waals surface area contributed by atoms with Crippen molar-refractivity contribution in [2.45, 2.75) is 51.2 Å². The molecule has 2 atom stereocenters. The molecule has 2 aromatic rings. The van der Waals surface area contributed by atoms with E-state index in [1.165, 1.54) is 9.87 Å². The van der Waals surface area contributed by atoms with Crippen molar-refractivity contribution in [2.75, 3.05) is 5.75 Å². The predicted octanol–water partition coefficient (Wildman–Crippen LogP) is 2.96. The zero-order valence-corrected chi connectivity index (χ0v) is 16.9. The van der Waals surface area contributed by atoms with Gasteiger partial charge in [0.1, 0.15) is 6.04 Å². The number of carbonyl (C=O) groups is 1. The molecule has 28 heavy (non-hydrogen) atoms. The fourth-order valence-electron chi connectivity index (χ4n) is 4.35. The van der Waals surface area contributed by atoms with Crippen LogP contribution in [0.2, 0.25) is 0 Å². The quantitative estimate of drug-likeness (QED) is 0.861. The Labute approximate surface area is 166 Å². The molecule has 5 nitrogen and oxygen atoms in total. The van der Waals surface area contributed by atoms with Crippen LogP contribution in [-0.2, 0) is 34.2 Å². The maximum atomic E-state index is 13.2. The van der Waals surface area contributed by atoms with Crippen LogP contribution in [0.1, 0.15) is 48.1 Å². The molecule has 0 saturated carbocycles. The van der Waals surface area contributed by atoms with Gasteiger partial charge in [-0.05, 0) is 54.9 Å². The summed E-state index contributed by atoms with van der Waals surface area (Å²) in [6.07, 6.45) is 3.34. The molecule has 0 aromatic heterocycles. The normalized spacial score (nSPS) is 22.2. The molecule has 0 fully saturated rings. The van der Waals surface area contributed by atoms with E-state index in [4.69, 9.17) is 0 Å². The van der Waals surface area contributed by atoms with Crippen LogP contribution < -0.4 is 5.32 Å². The second kappa shape index (κ2) is 7.68. The molecule has 0 saturated heterocycles. The summed E-state index contributed by atoms with van der Waals surface area (Å²) in [5.41, 5.74) is 4.45. The zero-order chi connectivity index (χ0) is 19.7. The average Bonchev–Trinajstić information content (AvgIpc) is 2.73. The van der Waals surface area contributed by atoms with Crippen LogP contribution in [0.25, 0.3) is 0 Å². The second-order valence-corrected chi connectivity index (χ2v) is 9.80. The van der Waals surface area contributed by atoms with Gasteiger partial charge in [0.05, 0.1) is 11.8 Å². The molecule has 4 rings (SSSR count). The average molecular weight is 399 g/mol. The molecule has 0 spiro atoms. The van der Waals surface area contributed by atoms with Crippen LogP contribution >= 0.6 is 0 Å². The molecule has 1 N–H and O–H groups in total. The predicted molar refractivity (Wildman–Crippen MR) is 109 cm³/mol. The molecule has 1 aliphatic heterocycles. The van der Waals surface area contributed by atoms with E-state index in [0.29, 0.717) is 6.42 Å². The lowest BCUT2D eigenvalue weighted by molar-refractivity contribution is -0.126. The minimum atomic E-state index is -3.49. The SMILES string of the molecule is CCS(=O)(=O)N1Cc2ccccc2C[C@@H]1C(=O)N[C@@H]1CCCc2ccccc21. The third-order valence-corrected chi connectivity index (χ3v) is 7.74. The Bertz CT molecular complexity index is 987. The van der Waals surface area contributed by atoms with Gasteiger partial charge in [-0.1, -0.05) is 48.5 Å². The Morgan fingerprint density at radius 1 is 1.07 bits per heavy atom. The van der Waals surface area contributed by atoms with Gasteiger partial charge >= 0.3 is 0 Å². The van der Waals surface area contributed by atoms with Crippen LogP contribution in [0, 0.1) is 0 Å². The summed E-state index contributed by atoms with van der Waals surface area (Å²) in [4.78, 5) is 13.2. The summed E-state index contributed by atoms with van der Waals surface area (Å²) in [5.74, 6) is -0.209. The Hall–Kier alpha value is -2.18. The van der Waals surface area contributed by atoms with Crippen molar-refractivity contribution < 1.29 is 13.2 Å². The molecule has 0 unspecified atom stereocenters. The first-order chi connectivity index (χ1) is 13.5. The third kappa shape index (κ3) is 3.59. The molecule has 2 aromatic carbocycles. The van der Waals surface area contributed by atoms with Crippen LogP contribution in [0.5, 0.6) is 0 Å². The van der Waals surface area contributed by atoms with Crippen LogP contribution in [0.4, 0.5) is 0 Å². The highest BCUT2D eigenvalue weighted by molar-refractivity contribution is 7.89. The van der Waals surface area contributed by atoms with Crippen molar-refractivity contribution in [1.29, 1.82) is 0 Å². The number of amides is 1. The number of fused-ring (bicyclic) bond motifs is 2. The summed E-state index contributed by atoms with van der Waals surface area (Å²) in [5, 5.41) is 3.16. The molecular formula is C22H26N2O3S. The molecule has 0 radical (unpaired) electrons. The molecular weight excluding hydrogens is 372 g/mol. The molecule has 1 aliphatic carbocycles. The molecule has 2 aliphatic rings. The third-order valence-electron chi connectivity index (χ3n) is 5.92. The summed E-state index contributed by atoms with van der Waals surface area (Å²) >= 11 is 0. The first kappa shape index (κ1) is 19.2. The number of nitrogens with one attached hydrogen (secondary N) is 1. The first-order valence-electron chi connectivity index (χ1n) is 9.94. The van der Waals surface area contributed by atoms with Gasteiger partial charge < -0.3 is 5.32 Å². The fraction of sp³-hybridized carbons (Fsp3) is 0.409. The van der Waals surface area contributed by atoms with Gasteiger partial charge in [-0.25, -0.2) is 8.42 Å². The van der Waals surface area contributed by atoms with Crippen molar-refractivity contribution in [1.82, 2.24) is 9.62 Å². The van der Waals surface area contributed by atoms with E-state index >= 15 is 0 Å². The molecule has 1 heterocycles. The van der Waals surface area contributed by atoms with E-state index in [1.807, 2.05) is 36.4 Å². The Morgan fingerprint density at radius 3 is 2.50 bits per heavy atom. The van der Waals surface area contributed by atoms with E-state index in [-0.39, 0.29) is 24.2 Å². The topological polar surface area (TPSA) is 66.5 Å². The molecule has 6 heteroatoms. The van der Waals surface area contributed by atoms with Gasteiger partial charge in [0.15, 0.2) is 0 Å². The lowest BCUT2D eigenvalue weighted by Crippen LogP contribution is -2.53. The maximum Gasteiger partial charge on any atom is 0.239 e. The summed E-state index contributed by atoms with van der Waals surface area (Å²) in [6.45, 7) is 1.88. The second-order valence-electron chi connectivity index (χ2n) is 7.59. The van der Waals surface area contributed by atoms with E-state index in [1.54, 1.807) is 6.92 Å². The largest absolute Gasteiger partial charge is 0.348 e. The van der Waals surface area contributed by atoms with E-state index < -0.39 is 16.1 Å². The monoisotopic (exact) mass is 398 g/mol. The number of hydrogen-bond donors (Lipinski definition) is 1. The van der Waals surface area contributed by atoms with E-state index in [9.17, 15) is 13.2 Å². The number of hydrogen-bond acceptors (Lipinski definition) is 3. The fourth-order valence-corrected chi connectivity index (χ4v) is 5.58. The maximum absolute atomic E-state index is 13.2. The number of rotatable bonds is 4. The molecule has 148 valence electrons. The molecule has 0 bridgehead atoms. The lowest BCUT2D eigenvalue weighted by atomic mass is 9.87.